The summed E-state index contributed by atoms with van der Waals surface area (Å²) in [5, 5.41) is 0. The topological polar surface area (TPSA) is 35.5 Å². The first-order valence-corrected chi connectivity index (χ1v) is 5.33. The number of hydrogen-bond acceptors (Lipinski definition) is 3. The minimum absolute atomic E-state index is 0.138. The molecule has 0 aromatic heterocycles. The second kappa shape index (κ2) is 6.68. The molecule has 17 heavy (non-hydrogen) atoms. The number of methoxy groups -OCH3 is 1. The minimum atomic E-state index is -0.385. The minimum Gasteiger partial charge on any atom is -0.497 e. The molecule has 0 aliphatic rings. The molecule has 3 nitrogen and oxygen atoms in total. The number of benzene rings is 1. The van der Waals surface area contributed by atoms with Gasteiger partial charge >= 0.3 is 5.97 Å². The molecular formula is C13H15FO3. The lowest BCUT2D eigenvalue weighted by Crippen LogP contribution is -2.01. The van der Waals surface area contributed by atoms with Crippen LogP contribution >= 0.6 is 0 Å². The molecule has 0 heterocycles. The van der Waals surface area contributed by atoms with E-state index in [1.807, 2.05) is 0 Å². The van der Waals surface area contributed by atoms with Crippen molar-refractivity contribution in [3.63, 3.8) is 0 Å². The summed E-state index contributed by atoms with van der Waals surface area (Å²) >= 11 is 0. The van der Waals surface area contributed by atoms with Gasteiger partial charge < -0.3 is 9.47 Å². The van der Waals surface area contributed by atoms with Crippen molar-refractivity contribution in [2.45, 2.75) is 13.3 Å². The molecule has 92 valence electrons. The van der Waals surface area contributed by atoms with E-state index in [1.165, 1.54) is 13.2 Å². The Balaban J connectivity index is 2.62. The van der Waals surface area contributed by atoms with E-state index >= 15 is 0 Å². The first-order valence-electron chi connectivity index (χ1n) is 5.33. The third kappa shape index (κ3) is 4.26. The van der Waals surface area contributed by atoms with Crippen molar-refractivity contribution in [1.29, 1.82) is 0 Å². The number of ether oxygens (including phenoxy) is 2. The van der Waals surface area contributed by atoms with Gasteiger partial charge in [-0.25, -0.2) is 4.39 Å². The molecule has 0 saturated carbocycles. The van der Waals surface area contributed by atoms with E-state index in [9.17, 15) is 9.18 Å². The van der Waals surface area contributed by atoms with Crippen molar-refractivity contribution < 1.29 is 18.7 Å². The van der Waals surface area contributed by atoms with Crippen LogP contribution in [0.2, 0.25) is 0 Å². The Hall–Kier alpha value is -1.84. The second-order valence-electron chi connectivity index (χ2n) is 3.30. The normalized spacial score (nSPS) is 10.5. The lowest BCUT2D eigenvalue weighted by molar-refractivity contribution is -0.142. The van der Waals surface area contributed by atoms with Gasteiger partial charge in [0.05, 0.1) is 20.1 Å². The number of esters is 1. The molecule has 1 rings (SSSR count). The fourth-order valence-electron chi connectivity index (χ4n) is 1.27. The number of hydrogen-bond donors (Lipinski definition) is 0. The summed E-state index contributed by atoms with van der Waals surface area (Å²) in [7, 11) is 1.48. The summed E-state index contributed by atoms with van der Waals surface area (Å²) in [6.45, 7) is 2.09. The Morgan fingerprint density at radius 2 is 2.24 bits per heavy atom. The van der Waals surface area contributed by atoms with Crippen LogP contribution in [0.15, 0.2) is 24.3 Å². The molecule has 0 N–H and O–H groups in total. The van der Waals surface area contributed by atoms with Crippen LogP contribution in [0.5, 0.6) is 5.75 Å². The van der Waals surface area contributed by atoms with Gasteiger partial charge in [0.25, 0.3) is 0 Å². The van der Waals surface area contributed by atoms with E-state index in [4.69, 9.17) is 9.47 Å². The van der Waals surface area contributed by atoms with Crippen LogP contribution in [-0.2, 0) is 9.53 Å². The lowest BCUT2D eigenvalue weighted by atomic mass is 10.2. The van der Waals surface area contributed by atoms with Gasteiger partial charge in [0.1, 0.15) is 11.6 Å². The van der Waals surface area contributed by atoms with Gasteiger partial charge in [0.15, 0.2) is 0 Å². The molecule has 0 atom stereocenters. The van der Waals surface area contributed by atoms with Gasteiger partial charge in [-0.05, 0) is 19.1 Å². The summed E-state index contributed by atoms with van der Waals surface area (Å²) in [6.07, 6.45) is 3.26. The van der Waals surface area contributed by atoms with E-state index in [0.717, 1.165) is 0 Å². The molecule has 0 unspecified atom stereocenters. The van der Waals surface area contributed by atoms with Crippen molar-refractivity contribution in [2.75, 3.05) is 13.7 Å². The highest BCUT2D eigenvalue weighted by Gasteiger charge is 2.01. The van der Waals surface area contributed by atoms with Gasteiger partial charge in [-0.1, -0.05) is 12.2 Å². The van der Waals surface area contributed by atoms with E-state index in [0.29, 0.717) is 17.9 Å². The lowest BCUT2D eigenvalue weighted by Gasteiger charge is -2.01. The maximum absolute atomic E-state index is 13.5. The molecule has 0 radical (unpaired) electrons. The van der Waals surface area contributed by atoms with Gasteiger partial charge in [-0.15, -0.1) is 0 Å². The monoisotopic (exact) mass is 238 g/mol. The van der Waals surface area contributed by atoms with Crippen LogP contribution in [0.25, 0.3) is 6.08 Å². The molecule has 0 amide bonds. The number of rotatable bonds is 5. The van der Waals surface area contributed by atoms with Crippen LogP contribution < -0.4 is 4.74 Å². The van der Waals surface area contributed by atoms with Crippen molar-refractivity contribution in [2.24, 2.45) is 0 Å². The van der Waals surface area contributed by atoms with Crippen molar-refractivity contribution in [3.05, 3.63) is 35.7 Å². The Morgan fingerprint density at radius 3 is 2.82 bits per heavy atom. The van der Waals surface area contributed by atoms with E-state index in [1.54, 1.807) is 31.2 Å². The van der Waals surface area contributed by atoms with Gasteiger partial charge in [-0.2, -0.15) is 0 Å². The van der Waals surface area contributed by atoms with Crippen LogP contribution in [0.3, 0.4) is 0 Å². The van der Waals surface area contributed by atoms with Crippen molar-refractivity contribution in [3.8, 4) is 5.75 Å². The third-order valence-electron chi connectivity index (χ3n) is 2.09. The van der Waals surface area contributed by atoms with E-state index < -0.39 is 0 Å². The molecule has 4 heteroatoms. The largest absolute Gasteiger partial charge is 0.497 e. The highest BCUT2D eigenvalue weighted by Crippen LogP contribution is 2.17. The fraction of sp³-hybridized carbons (Fsp3) is 0.308. The first-order chi connectivity index (χ1) is 8.17. The zero-order valence-corrected chi connectivity index (χ0v) is 9.90. The number of carbonyl (C=O) groups is 1. The fourth-order valence-corrected chi connectivity index (χ4v) is 1.27. The Labute approximate surface area is 99.9 Å². The summed E-state index contributed by atoms with van der Waals surface area (Å²) < 4.78 is 23.1. The van der Waals surface area contributed by atoms with E-state index in [-0.39, 0.29) is 18.2 Å². The van der Waals surface area contributed by atoms with Gasteiger partial charge in [-0.3, -0.25) is 4.79 Å². The molecule has 0 aliphatic heterocycles. The Morgan fingerprint density at radius 1 is 1.47 bits per heavy atom. The summed E-state index contributed by atoms with van der Waals surface area (Å²) in [4.78, 5) is 11.0. The molecule has 0 spiro atoms. The Kier molecular flexibility index (Phi) is 5.20. The van der Waals surface area contributed by atoms with E-state index in [2.05, 4.69) is 0 Å². The molecule has 0 saturated heterocycles. The van der Waals surface area contributed by atoms with Crippen LogP contribution in [0, 0.1) is 5.82 Å². The van der Waals surface area contributed by atoms with Crippen molar-refractivity contribution >= 4 is 12.0 Å². The average Bonchev–Trinajstić information content (AvgIpc) is 2.31. The summed E-state index contributed by atoms with van der Waals surface area (Å²) in [5.41, 5.74) is 0.412. The van der Waals surface area contributed by atoms with Crippen LogP contribution in [0.1, 0.15) is 18.9 Å². The Bertz CT molecular complexity index is 413. The van der Waals surface area contributed by atoms with Crippen LogP contribution in [-0.4, -0.2) is 19.7 Å². The van der Waals surface area contributed by atoms with Crippen molar-refractivity contribution in [1.82, 2.24) is 0 Å². The predicted octanol–water partition coefficient (Wildman–Crippen LogP) is 2.80. The highest BCUT2D eigenvalue weighted by molar-refractivity contribution is 5.72. The zero-order chi connectivity index (χ0) is 12.7. The maximum atomic E-state index is 13.5. The quantitative estimate of drug-likeness (QED) is 0.740. The highest BCUT2D eigenvalue weighted by atomic mass is 19.1. The summed E-state index contributed by atoms with van der Waals surface area (Å²) in [6, 6.07) is 4.55. The predicted molar refractivity (Wildman–Crippen MR) is 63.2 cm³/mol. The first kappa shape index (κ1) is 13.2. The third-order valence-corrected chi connectivity index (χ3v) is 2.09. The molecule has 0 aliphatic carbocycles. The SMILES string of the molecule is CCOC(=O)CC=Cc1ccc(OC)cc1F. The smallest absolute Gasteiger partial charge is 0.309 e. The molecule has 1 aromatic rings. The summed E-state index contributed by atoms with van der Waals surface area (Å²) in [5.74, 6) is -0.243. The molecule has 0 bridgehead atoms. The maximum Gasteiger partial charge on any atom is 0.309 e. The standard InChI is InChI=1S/C13H15FO3/c1-3-17-13(15)6-4-5-10-7-8-11(16-2)9-12(10)14/h4-5,7-9H,3,6H2,1-2H3. The number of halogens is 1. The molecular weight excluding hydrogens is 223 g/mol. The van der Waals surface area contributed by atoms with Gasteiger partial charge in [0, 0.05) is 11.6 Å². The zero-order valence-electron chi connectivity index (χ0n) is 9.90. The second-order valence-corrected chi connectivity index (χ2v) is 3.30. The average molecular weight is 238 g/mol. The molecule has 0 fully saturated rings. The van der Waals surface area contributed by atoms with Gasteiger partial charge in [0.2, 0.25) is 0 Å². The number of carbonyl (C=O) groups excluding carboxylic acids is 1. The molecule has 1 aromatic carbocycles. The van der Waals surface area contributed by atoms with Crippen LogP contribution in [0.4, 0.5) is 4.39 Å².